The number of rotatable bonds is 2. The molecule has 0 N–H and O–H groups in total. The van der Waals surface area contributed by atoms with Crippen molar-refractivity contribution in [3.8, 4) is 17.2 Å². The Morgan fingerprint density at radius 3 is 1.70 bits per heavy atom. The van der Waals surface area contributed by atoms with Crippen molar-refractivity contribution < 1.29 is 0 Å². The molecule has 8 aromatic carbocycles. The third-order valence-corrected chi connectivity index (χ3v) is 13.0. The first-order chi connectivity index (χ1) is 26.3. The zero-order chi connectivity index (χ0) is 35.2. The highest BCUT2D eigenvalue weighted by molar-refractivity contribution is 7.27. The van der Waals surface area contributed by atoms with Gasteiger partial charge in [0.15, 0.2) is 0 Å². The first-order valence-electron chi connectivity index (χ1n) is 18.2. The molecule has 0 saturated heterocycles. The van der Waals surface area contributed by atoms with E-state index in [9.17, 15) is 0 Å². The maximum Gasteiger partial charge on any atom is 0.235 e. The van der Waals surface area contributed by atoms with E-state index in [1.165, 1.54) is 78.9 Å². The van der Waals surface area contributed by atoms with Crippen molar-refractivity contribution in [1.29, 1.82) is 0 Å². The molecular weight excluding hydrogens is 683 g/mol. The fourth-order valence-corrected chi connectivity index (χ4v) is 11.0. The summed E-state index contributed by atoms with van der Waals surface area (Å²) in [7, 11) is 0. The van der Waals surface area contributed by atoms with Gasteiger partial charge in [0.2, 0.25) is 5.95 Å². The Labute approximate surface area is 313 Å². The monoisotopic (exact) mass is 713 g/mol. The zero-order valence-electron chi connectivity index (χ0n) is 29.1. The van der Waals surface area contributed by atoms with Gasteiger partial charge in [-0.2, -0.15) is 0 Å². The Hall–Kier alpha value is -6.14. The Balaban J connectivity index is 0.00000163. The summed E-state index contributed by atoms with van der Waals surface area (Å²) in [5.74, 6) is 0.693. The zero-order valence-corrected chi connectivity index (χ0v) is 30.7. The predicted octanol–water partition coefficient (Wildman–Crippen LogP) is 14.5. The summed E-state index contributed by atoms with van der Waals surface area (Å²) in [4.78, 5) is 11.2. The second kappa shape index (κ2) is 11.7. The van der Waals surface area contributed by atoms with Gasteiger partial charge in [0.1, 0.15) is 0 Å². The molecule has 4 heterocycles. The standard InChI is InChI=1S/C46H25N3S2.C2H6/c1-2-14-26(15-3-1)40-45-41(39-29-18-6-4-16-27(29)28-17-5-9-21-32(28)43(39)51-45)48-46(47-40)49-35-24-12-10-22-33(35)37-30-19-7-8-20-31(30)38-34-23-11-13-25-36(34)50-44(38)42(37)49;1-2/h1-25H;1-2H3. The summed E-state index contributed by atoms with van der Waals surface area (Å²) in [5.41, 5.74) is 5.32. The first-order valence-corrected chi connectivity index (χ1v) is 19.8. The minimum Gasteiger partial charge on any atom is -0.276 e. The van der Waals surface area contributed by atoms with Crippen molar-refractivity contribution in [3.63, 3.8) is 0 Å². The Kier molecular flexibility index (Phi) is 6.72. The number of hydrogen-bond acceptors (Lipinski definition) is 4. The molecule has 0 saturated carbocycles. The van der Waals surface area contributed by atoms with Gasteiger partial charge in [-0.05, 0) is 39.1 Å². The van der Waals surface area contributed by atoms with Crippen molar-refractivity contribution in [2.75, 3.05) is 0 Å². The topological polar surface area (TPSA) is 30.7 Å². The maximum atomic E-state index is 5.66. The average molecular weight is 714 g/mol. The van der Waals surface area contributed by atoms with Crippen molar-refractivity contribution >= 4 is 117 Å². The average Bonchev–Trinajstić information content (AvgIpc) is 3.92. The summed E-state index contributed by atoms with van der Waals surface area (Å²) in [6.45, 7) is 4.00. The van der Waals surface area contributed by atoms with Gasteiger partial charge in [-0.25, -0.2) is 9.97 Å². The summed E-state index contributed by atoms with van der Waals surface area (Å²) < 4.78 is 7.26. The van der Waals surface area contributed by atoms with E-state index in [2.05, 4.69) is 156 Å². The van der Waals surface area contributed by atoms with Crippen LogP contribution in [0.1, 0.15) is 13.8 Å². The molecule has 0 fully saturated rings. The van der Waals surface area contributed by atoms with Crippen LogP contribution < -0.4 is 0 Å². The van der Waals surface area contributed by atoms with Crippen LogP contribution in [0.2, 0.25) is 0 Å². The fraction of sp³-hybridized carbons (Fsp3) is 0.0417. The lowest BCUT2D eigenvalue weighted by Crippen LogP contribution is -2.03. The highest BCUT2D eigenvalue weighted by Crippen LogP contribution is 2.49. The fourth-order valence-electron chi connectivity index (χ4n) is 8.48. The lowest BCUT2D eigenvalue weighted by atomic mass is 9.98. The normalized spacial score (nSPS) is 12.0. The van der Waals surface area contributed by atoms with Crippen LogP contribution in [0.4, 0.5) is 0 Å². The Morgan fingerprint density at radius 2 is 0.962 bits per heavy atom. The minimum atomic E-state index is 0.693. The maximum absolute atomic E-state index is 5.66. The lowest BCUT2D eigenvalue weighted by Gasteiger charge is -2.11. The van der Waals surface area contributed by atoms with Gasteiger partial charge in [-0.1, -0.05) is 153 Å². The molecule has 0 unspecified atom stereocenters. The molecule has 0 atom stereocenters. The third kappa shape index (κ3) is 4.20. The highest BCUT2D eigenvalue weighted by atomic mass is 32.1. The smallest absolute Gasteiger partial charge is 0.235 e. The summed E-state index contributed by atoms with van der Waals surface area (Å²) >= 11 is 3.68. The van der Waals surface area contributed by atoms with E-state index in [0.717, 1.165) is 27.0 Å². The van der Waals surface area contributed by atoms with Crippen molar-refractivity contribution in [1.82, 2.24) is 14.5 Å². The van der Waals surface area contributed by atoms with Crippen molar-refractivity contribution in [2.45, 2.75) is 13.8 Å². The summed E-state index contributed by atoms with van der Waals surface area (Å²) in [6, 6.07) is 54.7. The Morgan fingerprint density at radius 1 is 0.415 bits per heavy atom. The molecule has 12 rings (SSSR count). The lowest BCUT2D eigenvalue weighted by molar-refractivity contribution is 1.02. The van der Waals surface area contributed by atoms with Crippen LogP contribution in [0, 0.1) is 0 Å². The van der Waals surface area contributed by atoms with E-state index in [0.29, 0.717) is 5.95 Å². The van der Waals surface area contributed by atoms with Crippen molar-refractivity contribution in [2.24, 2.45) is 0 Å². The predicted molar refractivity (Wildman–Crippen MR) is 231 cm³/mol. The van der Waals surface area contributed by atoms with Crippen LogP contribution >= 0.6 is 22.7 Å². The molecule has 0 aliphatic heterocycles. The van der Waals surface area contributed by atoms with E-state index >= 15 is 0 Å². The molecule has 0 aliphatic rings. The van der Waals surface area contributed by atoms with E-state index in [-0.39, 0.29) is 0 Å². The molecular formula is C48H31N3S2. The van der Waals surface area contributed by atoms with Crippen LogP contribution in [0.25, 0.3) is 112 Å². The van der Waals surface area contributed by atoms with Crippen molar-refractivity contribution in [3.05, 3.63) is 152 Å². The van der Waals surface area contributed by atoms with Crippen LogP contribution in [-0.2, 0) is 0 Å². The van der Waals surface area contributed by atoms with Crippen LogP contribution in [0.3, 0.4) is 0 Å². The summed E-state index contributed by atoms with van der Waals surface area (Å²) in [6.07, 6.45) is 0. The quantitative estimate of drug-likeness (QED) is 0.167. The van der Waals surface area contributed by atoms with Crippen LogP contribution in [0.5, 0.6) is 0 Å². The molecule has 4 aromatic heterocycles. The van der Waals surface area contributed by atoms with Gasteiger partial charge in [0, 0.05) is 47.3 Å². The third-order valence-electron chi connectivity index (χ3n) is 10.6. The molecule has 0 bridgehead atoms. The molecule has 53 heavy (non-hydrogen) atoms. The van der Waals surface area contributed by atoms with Gasteiger partial charge < -0.3 is 0 Å². The van der Waals surface area contributed by atoms with Gasteiger partial charge in [-0.15, -0.1) is 22.7 Å². The number of nitrogens with zero attached hydrogens (tertiary/aromatic N) is 3. The second-order valence-corrected chi connectivity index (χ2v) is 15.3. The van der Waals surface area contributed by atoms with Gasteiger partial charge in [0.05, 0.1) is 31.6 Å². The van der Waals surface area contributed by atoms with E-state index in [4.69, 9.17) is 9.97 Å². The first kappa shape index (κ1) is 30.5. The largest absolute Gasteiger partial charge is 0.276 e. The molecule has 5 heteroatoms. The van der Waals surface area contributed by atoms with Gasteiger partial charge >= 0.3 is 0 Å². The second-order valence-electron chi connectivity index (χ2n) is 13.2. The van der Waals surface area contributed by atoms with Gasteiger partial charge in [-0.3, -0.25) is 4.57 Å². The summed E-state index contributed by atoms with van der Waals surface area (Å²) in [5, 5.41) is 13.8. The number of aromatic nitrogens is 3. The van der Waals surface area contributed by atoms with E-state index in [1.54, 1.807) is 0 Å². The SMILES string of the molecule is CC.c1ccc(-c2nc(-n3c4ccccc4c4c5ccccc5c5c6ccccc6sc5c43)nc3c2sc2c4ccccc4c4ccccc4c32)cc1. The molecule has 0 spiro atoms. The van der Waals surface area contributed by atoms with E-state index < -0.39 is 0 Å². The van der Waals surface area contributed by atoms with Crippen LogP contribution in [-0.4, -0.2) is 14.5 Å². The molecule has 0 radical (unpaired) electrons. The molecule has 12 aromatic rings. The highest BCUT2D eigenvalue weighted by Gasteiger charge is 2.25. The number of hydrogen-bond donors (Lipinski definition) is 0. The van der Waals surface area contributed by atoms with Gasteiger partial charge in [0.25, 0.3) is 0 Å². The number of thiophene rings is 2. The number of para-hydroxylation sites is 1. The number of fused-ring (bicyclic) bond motifs is 18. The number of benzene rings is 8. The van der Waals surface area contributed by atoms with Crippen LogP contribution in [0.15, 0.2) is 152 Å². The van der Waals surface area contributed by atoms with E-state index in [1.807, 2.05) is 36.5 Å². The molecule has 250 valence electrons. The molecule has 0 amide bonds. The minimum absolute atomic E-state index is 0.693. The molecule has 3 nitrogen and oxygen atoms in total. The molecule has 0 aliphatic carbocycles. The Bertz CT molecular complexity index is 3420.